The fraction of sp³-hybridized carbons (Fsp3) is 0.522. The fourth-order valence-corrected chi connectivity index (χ4v) is 4.07. The number of benzene rings is 1. The van der Waals surface area contributed by atoms with Gasteiger partial charge in [0, 0.05) is 49.5 Å². The monoisotopic (exact) mass is 439 g/mol. The normalized spacial score (nSPS) is 18.7. The van der Waals surface area contributed by atoms with Gasteiger partial charge in [-0.25, -0.2) is 14.8 Å². The maximum atomic E-state index is 12.1. The van der Waals surface area contributed by atoms with E-state index in [0.717, 1.165) is 54.8 Å². The molecule has 2 aliphatic heterocycles. The summed E-state index contributed by atoms with van der Waals surface area (Å²) in [5, 5.41) is 5.72. The average molecular weight is 440 g/mol. The third-order valence-corrected chi connectivity index (χ3v) is 5.80. The Morgan fingerprint density at radius 2 is 2.00 bits per heavy atom. The zero-order chi connectivity index (χ0) is 22.7. The topological polar surface area (TPSA) is 85.9 Å². The van der Waals surface area contributed by atoms with Crippen LogP contribution in [0.15, 0.2) is 24.3 Å². The Labute approximate surface area is 189 Å². The number of aromatic nitrogens is 2. The van der Waals surface area contributed by atoms with Crippen LogP contribution in [-0.2, 0) is 17.8 Å². The summed E-state index contributed by atoms with van der Waals surface area (Å²) >= 11 is 0. The van der Waals surface area contributed by atoms with E-state index in [2.05, 4.69) is 34.4 Å². The van der Waals surface area contributed by atoms with Crippen LogP contribution in [0.1, 0.15) is 18.2 Å². The van der Waals surface area contributed by atoms with Crippen LogP contribution in [0.25, 0.3) is 11.4 Å². The lowest BCUT2D eigenvalue weighted by Crippen LogP contribution is -2.44. The van der Waals surface area contributed by atoms with E-state index in [0.29, 0.717) is 19.8 Å². The molecule has 2 aliphatic rings. The highest BCUT2D eigenvalue weighted by Crippen LogP contribution is 2.32. The van der Waals surface area contributed by atoms with Gasteiger partial charge in [-0.05, 0) is 52.3 Å². The standard InChI is InChI=1S/C23H33N7O2/c1-16-15-32-12-11-30(16)22-19-13-29(4)14-20(19)26-21(27-22)17-5-7-18(8-6-17)25-23(31)24-9-10-28(2)3/h5-8,16H,9-15H2,1-4H3,(H2,24,25,31). The number of hydrogen-bond donors (Lipinski definition) is 2. The van der Waals surface area contributed by atoms with Crippen molar-refractivity contribution in [1.82, 2.24) is 25.1 Å². The van der Waals surface area contributed by atoms with E-state index in [1.165, 1.54) is 5.56 Å². The van der Waals surface area contributed by atoms with E-state index < -0.39 is 0 Å². The van der Waals surface area contributed by atoms with Crippen LogP contribution in [0.3, 0.4) is 0 Å². The molecule has 1 saturated heterocycles. The number of fused-ring (bicyclic) bond motifs is 1. The molecule has 0 spiro atoms. The Hall–Kier alpha value is -2.75. The molecule has 2 amide bonds. The van der Waals surface area contributed by atoms with E-state index in [1.807, 2.05) is 43.3 Å². The molecule has 1 aromatic heterocycles. The fourth-order valence-electron chi connectivity index (χ4n) is 4.07. The van der Waals surface area contributed by atoms with Crippen molar-refractivity contribution in [2.24, 2.45) is 0 Å². The van der Waals surface area contributed by atoms with Crippen LogP contribution in [0.4, 0.5) is 16.3 Å². The minimum Gasteiger partial charge on any atom is -0.377 e. The van der Waals surface area contributed by atoms with Gasteiger partial charge in [-0.15, -0.1) is 0 Å². The molecule has 0 aliphatic carbocycles. The van der Waals surface area contributed by atoms with Crippen molar-refractivity contribution in [3.63, 3.8) is 0 Å². The number of urea groups is 1. The van der Waals surface area contributed by atoms with Gasteiger partial charge in [0.05, 0.1) is 24.9 Å². The van der Waals surface area contributed by atoms with Crippen LogP contribution in [0.2, 0.25) is 0 Å². The Balaban J connectivity index is 1.53. The van der Waals surface area contributed by atoms with Gasteiger partial charge >= 0.3 is 6.03 Å². The summed E-state index contributed by atoms with van der Waals surface area (Å²) in [6, 6.07) is 7.77. The molecular weight excluding hydrogens is 406 g/mol. The lowest BCUT2D eigenvalue weighted by Gasteiger charge is -2.35. The first kappa shape index (κ1) is 22.4. The largest absolute Gasteiger partial charge is 0.377 e. The Morgan fingerprint density at radius 3 is 2.72 bits per heavy atom. The van der Waals surface area contributed by atoms with Crippen LogP contribution in [-0.4, -0.2) is 85.8 Å². The molecule has 0 radical (unpaired) electrons. The van der Waals surface area contributed by atoms with Gasteiger partial charge in [0.15, 0.2) is 5.82 Å². The van der Waals surface area contributed by atoms with Gasteiger partial charge in [-0.1, -0.05) is 0 Å². The molecule has 1 atom stereocenters. The number of ether oxygens (including phenoxy) is 1. The Bertz CT molecular complexity index is 948. The van der Waals surface area contributed by atoms with Crippen molar-refractivity contribution in [1.29, 1.82) is 0 Å². The SMILES string of the molecule is CC1COCCN1c1nc(-c2ccc(NC(=O)NCCN(C)C)cc2)nc2c1CN(C)C2. The second-order valence-electron chi connectivity index (χ2n) is 8.85. The van der Waals surface area contributed by atoms with Gasteiger partial charge in [-0.2, -0.15) is 0 Å². The molecule has 2 aromatic rings. The average Bonchev–Trinajstić information content (AvgIpc) is 3.14. The van der Waals surface area contributed by atoms with E-state index in [9.17, 15) is 4.79 Å². The van der Waals surface area contributed by atoms with Gasteiger partial charge in [0.2, 0.25) is 0 Å². The van der Waals surface area contributed by atoms with E-state index in [-0.39, 0.29) is 12.1 Å². The molecular formula is C23H33N7O2. The summed E-state index contributed by atoms with van der Waals surface area (Å²) in [5.74, 6) is 1.74. The summed E-state index contributed by atoms with van der Waals surface area (Å²) < 4.78 is 5.63. The van der Waals surface area contributed by atoms with Crippen molar-refractivity contribution in [3.05, 3.63) is 35.5 Å². The number of morpholine rings is 1. The molecule has 2 N–H and O–H groups in total. The molecule has 9 heteroatoms. The number of nitrogens with one attached hydrogen (secondary N) is 2. The quantitative estimate of drug-likeness (QED) is 0.712. The smallest absolute Gasteiger partial charge is 0.319 e. The second kappa shape index (κ2) is 9.81. The highest BCUT2D eigenvalue weighted by Gasteiger charge is 2.29. The second-order valence-corrected chi connectivity index (χ2v) is 8.85. The summed E-state index contributed by atoms with van der Waals surface area (Å²) in [6.07, 6.45) is 0. The number of carbonyl (C=O) groups excluding carboxylic acids is 1. The highest BCUT2D eigenvalue weighted by atomic mass is 16.5. The number of carbonyl (C=O) groups is 1. The first-order chi connectivity index (χ1) is 15.4. The van der Waals surface area contributed by atoms with E-state index >= 15 is 0 Å². The van der Waals surface area contributed by atoms with Crippen LogP contribution in [0.5, 0.6) is 0 Å². The van der Waals surface area contributed by atoms with E-state index in [4.69, 9.17) is 14.7 Å². The number of nitrogens with zero attached hydrogens (tertiary/aromatic N) is 5. The third-order valence-electron chi connectivity index (χ3n) is 5.80. The molecule has 32 heavy (non-hydrogen) atoms. The van der Waals surface area contributed by atoms with E-state index in [1.54, 1.807) is 0 Å². The number of hydrogen-bond acceptors (Lipinski definition) is 7. The van der Waals surface area contributed by atoms with Crippen LogP contribution >= 0.6 is 0 Å². The predicted octanol–water partition coefficient (Wildman–Crippen LogP) is 2.00. The lowest BCUT2D eigenvalue weighted by molar-refractivity contribution is 0.0984. The van der Waals surface area contributed by atoms with Crippen LogP contribution in [0, 0.1) is 0 Å². The van der Waals surface area contributed by atoms with Gasteiger partial charge in [0.25, 0.3) is 0 Å². The van der Waals surface area contributed by atoms with Gasteiger partial charge in [0.1, 0.15) is 5.82 Å². The van der Waals surface area contributed by atoms with Crippen molar-refractivity contribution in [2.45, 2.75) is 26.1 Å². The Morgan fingerprint density at radius 1 is 1.22 bits per heavy atom. The van der Waals surface area contributed by atoms with Crippen molar-refractivity contribution in [3.8, 4) is 11.4 Å². The van der Waals surface area contributed by atoms with Gasteiger partial charge < -0.3 is 25.2 Å². The zero-order valence-corrected chi connectivity index (χ0v) is 19.4. The molecule has 4 rings (SSSR count). The van der Waals surface area contributed by atoms with Crippen LogP contribution < -0.4 is 15.5 Å². The lowest BCUT2D eigenvalue weighted by atomic mass is 10.1. The molecule has 1 aromatic carbocycles. The van der Waals surface area contributed by atoms with Gasteiger partial charge in [-0.3, -0.25) is 4.90 Å². The maximum Gasteiger partial charge on any atom is 0.319 e. The number of likely N-dealkylation sites (N-methyl/N-ethyl adjacent to an activating group) is 1. The van der Waals surface area contributed by atoms with Crippen molar-refractivity contribution in [2.75, 3.05) is 64.2 Å². The minimum absolute atomic E-state index is 0.208. The first-order valence-electron chi connectivity index (χ1n) is 11.1. The zero-order valence-electron chi connectivity index (χ0n) is 19.4. The first-order valence-corrected chi connectivity index (χ1v) is 11.1. The van der Waals surface area contributed by atoms with Crippen molar-refractivity contribution >= 4 is 17.5 Å². The molecule has 0 bridgehead atoms. The summed E-state index contributed by atoms with van der Waals surface area (Å²) in [6.45, 7) is 7.50. The highest BCUT2D eigenvalue weighted by molar-refractivity contribution is 5.89. The number of anilines is 2. The molecule has 3 heterocycles. The number of rotatable bonds is 6. The number of amides is 2. The predicted molar refractivity (Wildman–Crippen MR) is 126 cm³/mol. The summed E-state index contributed by atoms with van der Waals surface area (Å²) in [4.78, 5) is 28.6. The molecule has 172 valence electrons. The maximum absolute atomic E-state index is 12.1. The molecule has 1 fully saturated rings. The minimum atomic E-state index is -0.208. The third kappa shape index (κ3) is 5.17. The Kier molecular flexibility index (Phi) is 6.88. The van der Waals surface area contributed by atoms with Crippen molar-refractivity contribution < 1.29 is 9.53 Å². The molecule has 1 unspecified atom stereocenters. The molecule has 9 nitrogen and oxygen atoms in total. The molecule has 0 saturated carbocycles. The summed E-state index contributed by atoms with van der Waals surface area (Å²) in [7, 11) is 6.06. The summed E-state index contributed by atoms with van der Waals surface area (Å²) in [5.41, 5.74) is 3.98.